The minimum atomic E-state index is 0.609. The molecular formula is C15H13N2O+. The van der Waals surface area contributed by atoms with Crippen molar-refractivity contribution in [3.05, 3.63) is 60.8 Å². The SMILES string of the molecule is COc1cc(-c2ccccc2)c2cccc[n+]2n1. The predicted molar refractivity (Wildman–Crippen MR) is 69.4 cm³/mol. The molecule has 0 atom stereocenters. The Hall–Kier alpha value is -2.42. The molecule has 0 aliphatic heterocycles. The molecule has 3 rings (SSSR count). The van der Waals surface area contributed by atoms with Gasteiger partial charge in [0, 0.05) is 23.3 Å². The first-order valence-corrected chi connectivity index (χ1v) is 5.79. The quantitative estimate of drug-likeness (QED) is 0.640. The first kappa shape index (κ1) is 10.7. The normalized spacial score (nSPS) is 10.5. The highest BCUT2D eigenvalue weighted by Gasteiger charge is 2.14. The molecule has 0 radical (unpaired) electrons. The number of nitrogens with zero attached hydrogens (tertiary/aromatic N) is 2. The van der Waals surface area contributed by atoms with Crippen LogP contribution in [0.2, 0.25) is 0 Å². The third-order valence-electron chi connectivity index (χ3n) is 2.88. The summed E-state index contributed by atoms with van der Waals surface area (Å²) in [7, 11) is 1.63. The number of ether oxygens (including phenoxy) is 1. The van der Waals surface area contributed by atoms with Gasteiger partial charge in [0.1, 0.15) is 0 Å². The van der Waals surface area contributed by atoms with E-state index in [0.29, 0.717) is 5.88 Å². The Morgan fingerprint density at radius 2 is 1.78 bits per heavy atom. The molecule has 88 valence electrons. The zero-order valence-electron chi connectivity index (χ0n) is 10.1. The monoisotopic (exact) mass is 237 g/mol. The van der Waals surface area contributed by atoms with Crippen LogP contribution in [0.3, 0.4) is 0 Å². The molecule has 0 N–H and O–H groups in total. The van der Waals surface area contributed by atoms with Gasteiger partial charge in [-0.1, -0.05) is 30.3 Å². The Kier molecular flexibility index (Phi) is 2.65. The number of fused-ring (bicyclic) bond motifs is 1. The van der Waals surface area contributed by atoms with Crippen LogP contribution in [-0.4, -0.2) is 12.2 Å². The van der Waals surface area contributed by atoms with Crippen LogP contribution in [0.25, 0.3) is 16.6 Å². The van der Waals surface area contributed by atoms with Gasteiger partial charge in [-0.3, -0.25) is 0 Å². The fourth-order valence-electron chi connectivity index (χ4n) is 2.02. The number of pyridine rings is 1. The molecule has 2 heterocycles. The van der Waals surface area contributed by atoms with Crippen molar-refractivity contribution in [2.24, 2.45) is 0 Å². The van der Waals surface area contributed by atoms with Gasteiger partial charge in [0.25, 0.3) is 5.88 Å². The van der Waals surface area contributed by atoms with Crippen LogP contribution in [0.1, 0.15) is 0 Å². The standard InChI is InChI=1S/C15H13N2O/c1-18-15-11-13(12-7-3-2-4-8-12)14-9-5-6-10-17(14)16-15/h2-11H,1H3/q+1. The van der Waals surface area contributed by atoms with Crippen LogP contribution in [0.4, 0.5) is 0 Å². The van der Waals surface area contributed by atoms with Crippen LogP contribution in [-0.2, 0) is 0 Å². The largest absolute Gasteiger partial charge is 0.477 e. The highest BCUT2D eigenvalue weighted by Crippen LogP contribution is 2.24. The molecule has 0 aliphatic rings. The second-order valence-electron chi connectivity index (χ2n) is 4.00. The molecular weight excluding hydrogens is 224 g/mol. The lowest BCUT2D eigenvalue weighted by molar-refractivity contribution is -0.581. The van der Waals surface area contributed by atoms with E-state index >= 15 is 0 Å². The fraction of sp³-hybridized carbons (Fsp3) is 0.0667. The van der Waals surface area contributed by atoms with E-state index in [1.807, 2.05) is 47.1 Å². The Labute approximate surface area is 105 Å². The molecule has 18 heavy (non-hydrogen) atoms. The Morgan fingerprint density at radius 3 is 2.56 bits per heavy atom. The molecule has 1 aromatic carbocycles. The van der Waals surface area contributed by atoms with Crippen molar-refractivity contribution >= 4 is 5.52 Å². The molecule has 3 heteroatoms. The van der Waals surface area contributed by atoms with E-state index < -0.39 is 0 Å². The summed E-state index contributed by atoms with van der Waals surface area (Å²) in [4.78, 5) is 0. The molecule has 0 unspecified atom stereocenters. The van der Waals surface area contributed by atoms with E-state index in [2.05, 4.69) is 23.3 Å². The van der Waals surface area contributed by atoms with E-state index in [4.69, 9.17) is 4.74 Å². The number of methoxy groups -OCH3 is 1. The topological polar surface area (TPSA) is 26.2 Å². The van der Waals surface area contributed by atoms with E-state index in [1.54, 1.807) is 7.11 Å². The van der Waals surface area contributed by atoms with Gasteiger partial charge in [-0.2, -0.15) is 0 Å². The summed E-state index contributed by atoms with van der Waals surface area (Å²) in [5, 5.41) is 4.37. The molecule has 0 amide bonds. The van der Waals surface area contributed by atoms with E-state index in [-0.39, 0.29) is 0 Å². The van der Waals surface area contributed by atoms with Gasteiger partial charge < -0.3 is 4.74 Å². The summed E-state index contributed by atoms with van der Waals surface area (Å²) in [5.41, 5.74) is 3.33. The van der Waals surface area contributed by atoms with Crippen LogP contribution in [0.15, 0.2) is 60.8 Å². The van der Waals surface area contributed by atoms with E-state index in [9.17, 15) is 0 Å². The predicted octanol–water partition coefficient (Wildman–Crippen LogP) is 2.50. The van der Waals surface area contributed by atoms with Crippen molar-refractivity contribution in [1.82, 2.24) is 5.10 Å². The van der Waals surface area contributed by atoms with Crippen molar-refractivity contribution in [2.75, 3.05) is 7.11 Å². The molecule has 0 fully saturated rings. The maximum atomic E-state index is 5.25. The van der Waals surface area contributed by atoms with Gasteiger partial charge >= 0.3 is 0 Å². The average Bonchev–Trinajstić information content (AvgIpc) is 2.47. The van der Waals surface area contributed by atoms with Gasteiger partial charge in [0.15, 0.2) is 0 Å². The molecule has 0 spiro atoms. The van der Waals surface area contributed by atoms with Crippen LogP contribution in [0, 0.1) is 0 Å². The Bertz CT molecular complexity index is 680. The lowest BCUT2D eigenvalue weighted by Crippen LogP contribution is -2.26. The zero-order chi connectivity index (χ0) is 12.4. The number of rotatable bonds is 2. The second kappa shape index (κ2) is 4.45. The minimum Gasteiger partial charge on any atom is -0.477 e. The molecule has 3 nitrogen and oxygen atoms in total. The van der Waals surface area contributed by atoms with Gasteiger partial charge in [-0.05, 0) is 16.1 Å². The highest BCUT2D eigenvalue weighted by atomic mass is 16.5. The van der Waals surface area contributed by atoms with Gasteiger partial charge in [-0.15, -0.1) is 0 Å². The van der Waals surface area contributed by atoms with Crippen LogP contribution in [0.5, 0.6) is 5.88 Å². The summed E-state index contributed by atoms with van der Waals surface area (Å²) < 4.78 is 7.09. The summed E-state index contributed by atoms with van der Waals surface area (Å²) in [6.45, 7) is 0. The van der Waals surface area contributed by atoms with Crippen molar-refractivity contribution < 1.29 is 9.25 Å². The van der Waals surface area contributed by atoms with E-state index in [1.165, 1.54) is 0 Å². The average molecular weight is 237 g/mol. The molecule has 2 aromatic heterocycles. The number of hydrogen-bond donors (Lipinski definition) is 0. The third-order valence-corrected chi connectivity index (χ3v) is 2.88. The Morgan fingerprint density at radius 1 is 1.00 bits per heavy atom. The summed E-state index contributed by atoms with van der Waals surface area (Å²) in [5.74, 6) is 0.609. The molecule has 0 aliphatic carbocycles. The zero-order valence-corrected chi connectivity index (χ0v) is 10.1. The smallest absolute Gasteiger partial charge is 0.279 e. The maximum Gasteiger partial charge on any atom is 0.279 e. The van der Waals surface area contributed by atoms with Crippen molar-refractivity contribution in [3.8, 4) is 17.0 Å². The van der Waals surface area contributed by atoms with Gasteiger partial charge in [-0.25, -0.2) is 0 Å². The third kappa shape index (κ3) is 1.80. The Balaban J connectivity index is 2.33. The van der Waals surface area contributed by atoms with Crippen LogP contribution < -0.4 is 9.25 Å². The number of benzene rings is 1. The minimum absolute atomic E-state index is 0.609. The summed E-state index contributed by atoms with van der Waals surface area (Å²) in [6, 6.07) is 18.2. The first-order chi connectivity index (χ1) is 8.88. The molecule has 0 bridgehead atoms. The van der Waals surface area contributed by atoms with Crippen molar-refractivity contribution in [3.63, 3.8) is 0 Å². The first-order valence-electron chi connectivity index (χ1n) is 5.79. The molecule has 0 saturated carbocycles. The molecule has 0 saturated heterocycles. The number of aromatic nitrogens is 2. The summed E-state index contributed by atoms with van der Waals surface area (Å²) in [6.07, 6.45) is 1.92. The molecule has 3 aromatic rings. The van der Waals surface area contributed by atoms with Crippen molar-refractivity contribution in [1.29, 1.82) is 0 Å². The lowest BCUT2D eigenvalue weighted by atomic mass is 10.1. The number of hydrogen-bond acceptors (Lipinski definition) is 2. The second-order valence-corrected chi connectivity index (χ2v) is 4.00. The van der Waals surface area contributed by atoms with Gasteiger partial charge in [0.05, 0.1) is 12.7 Å². The lowest BCUT2D eigenvalue weighted by Gasteiger charge is -2.03. The fourth-order valence-corrected chi connectivity index (χ4v) is 2.02. The van der Waals surface area contributed by atoms with E-state index in [0.717, 1.165) is 16.6 Å². The van der Waals surface area contributed by atoms with Gasteiger partial charge in [0.2, 0.25) is 11.7 Å². The maximum absolute atomic E-state index is 5.25. The van der Waals surface area contributed by atoms with Crippen LogP contribution >= 0.6 is 0 Å². The summed E-state index contributed by atoms with van der Waals surface area (Å²) >= 11 is 0. The highest BCUT2D eigenvalue weighted by molar-refractivity contribution is 5.77. The van der Waals surface area contributed by atoms with Crippen molar-refractivity contribution in [2.45, 2.75) is 0 Å².